The number of benzene rings is 2. The highest BCUT2D eigenvalue weighted by Gasteiger charge is 2.16. The highest BCUT2D eigenvalue weighted by Crippen LogP contribution is 2.36. The van der Waals surface area contributed by atoms with E-state index in [-0.39, 0.29) is 24.3 Å². The van der Waals surface area contributed by atoms with Gasteiger partial charge in [-0.3, -0.25) is 9.52 Å². The van der Waals surface area contributed by atoms with Gasteiger partial charge in [-0.2, -0.15) is 0 Å². The molecule has 0 radical (unpaired) electrons. The van der Waals surface area contributed by atoms with Crippen molar-refractivity contribution in [2.24, 2.45) is 0 Å². The van der Waals surface area contributed by atoms with E-state index in [2.05, 4.69) is 36.6 Å². The number of nitrogens with one attached hydrogen (secondary N) is 1. The van der Waals surface area contributed by atoms with Gasteiger partial charge < -0.3 is 9.84 Å². The lowest BCUT2D eigenvalue weighted by Crippen LogP contribution is -2.12. The monoisotopic (exact) mass is 523 g/mol. The lowest BCUT2D eigenvalue weighted by Gasteiger charge is -2.14. The Morgan fingerprint density at radius 1 is 1.22 bits per heavy atom. The highest BCUT2D eigenvalue weighted by atomic mass is 79.9. The van der Waals surface area contributed by atoms with Crippen LogP contribution in [0.2, 0.25) is 0 Å². The van der Waals surface area contributed by atoms with Crippen LogP contribution in [0, 0.1) is 12.7 Å². The van der Waals surface area contributed by atoms with Crippen LogP contribution in [0.5, 0.6) is 5.75 Å². The minimum absolute atomic E-state index is 0.147. The SMILES string of the molecule is Cc1cc(COc2c(Br)cc(CC(=O)O)cc2Br)c(F)c(NS(C)(=O)=O)c1. The largest absolute Gasteiger partial charge is 0.486 e. The molecule has 146 valence electrons. The van der Waals surface area contributed by atoms with Crippen LogP contribution in [0.1, 0.15) is 16.7 Å². The topological polar surface area (TPSA) is 92.7 Å². The first-order chi connectivity index (χ1) is 12.5. The maximum Gasteiger partial charge on any atom is 0.307 e. The zero-order chi connectivity index (χ0) is 20.4. The number of aryl methyl sites for hydroxylation is 1. The minimum Gasteiger partial charge on any atom is -0.486 e. The second-order valence-corrected chi connectivity index (χ2v) is 9.36. The maximum atomic E-state index is 14.6. The van der Waals surface area contributed by atoms with Crippen LogP contribution in [0.15, 0.2) is 33.2 Å². The molecule has 0 aliphatic carbocycles. The summed E-state index contributed by atoms with van der Waals surface area (Å²) in [7, 11) is -3.62. The summed E-state index contributed by atoms with van der Waals surface area (Å²) in [5.41, 5.74) is 1.26. The fraction of sp³-hybridized carbons (Fsp3) is 0.235. The molecule has 0 saturated heterocycles. The summed E-state index contributed by atoms with van der Waals surface area (Å²) in [5.74, 6) is -1.31. The van der Waals surface area contributed by atoms with Gasteiger partial charge in [0.2, 0.25) is 10.0 Å². The summed E-state index contributed by atoms with van der Waals surface area (Å²) in [6.07, 6.45) is 0.794. The average molecular weight is 525 g/mol. The van der Waals surface area contributed by atoms with E-state index in [0.717, 1.165) is 6.26 Å². The van der Waals surface area contributed by atoms with Crippen molar-refractivity contribution < 1.29 is 27.4 Å². The molecule has 0 saturated carbocycles. The Labute approximate surface area is 173 Å². The van der Waals surface area contributed by atoms with Crippen LogP contribution < -0.4 is 9.46 Å². The van der Waals surface area contributed by atoms with E-state index >= 15 is 0 Å². The molecule has 6 nitrogen and oxygen atoms in total. The van der Waals surface area contributed by atoms with E-state index in [1.54, 1.807) is 25.1 Å². The van der Waals surface area contributed by atoms with Crippen LogP contribution in [-0.4, -0.2) is 25.7 Å². The molecule has 0 atom stereocenters. The maximum absolute atomic E-state index is 14.6. The van der Waals surface area contributed by atoms with Gasteiger partial charge in [0, 0.05) is 5.56 Å². The van der Waals surface area contributed by atoms with E-state index in [9.17, 15) is 17.6 Å². The van der Waals surface area contributed by atoms with Gasteiger partial charge in [0.25, 0.3) is 0 Å². The molecule has 10 heteroatoms. The molecule has 27 heavy (non-hydrogen) atoms. The summed E-state index contributed by atoms with van der Waals surface area (Å²) in [4.78, 5) is 10.8. The van der Waals surface area contributed by atoms with Gasteiger partial charge in [-0.1, -0.05) is 0 Å². The van der Waals surface area contributed by atoms with Crippen molar-refractivity contribution in [1.29, 1.82) is 0 Å². The van der Waals surface area contributed by atoms with Crippen molar-refractivity contribution in [2.45, 2.75) is 20.0 Å². The lowest BCUT2D eigenvalue weighted by atomic mass is 10.1. The molecule has 2 aromatic rings. The van der Waals surface area contributed by atoms with E-state index in [1.807, 2.05) is 0 Å². The molecule has 0 heterocycles. The molecule has 0 fully saturated rings. The second kappa shape index (κ2) is 8.57. The quantitative estimate of drug-likeness (QED) is 0.565. The summed E-state index contributed by atoms with van der Waals surface area (Å²) in [6.45, 7) is 1.56. The number of ether oxygens (including phenoxy) is 1. The smallest absolute Gasteiger partial charge is 0.307 e. The van der Waals surface area contributed by atoms with Gasteiger partial charge in [-0.15, -0.1) is 0 Å². The number of hydrogen-bond donors (Lipinski definition) is 2. The fourth-order valence-electron chi connectivity index (χ4n) is 2.40. The summed E-state index contributed by atoms with van der Waals surface area (Å²) in [5, 5.41) is 8.88. The molecular weight excluding hydrogens is 509 g/mol. The predicted octanol–water partition coefficient (Wildman–Crippen LogP) is 4.24. The Balaban J connectivity index is 2.28. The van der Waals surface area contributed by atoms with E-state index < -0.39 is 21.8 Å². The Bertz CT molecular complexity index is 972. The third kappa shape index (κ3) is 6.18. The van der Waals surface area contributed by atoms with Crippen LogP contribution in [0.25, 0.3) is 0 Å². The van der Waals surface area contributed by atoms with Crippen molar-refractivity contribution in [2.75, 3.05) is 11.0 Å². The molecule has 0 aromatic heterocycles. The summed E-state index contributed by atoms with van der Waals surface area (Å²) >= 11 is 6.63. The van der Waals surface area contributed by atoms with Gasteiger partial charge in [0.05, 0.1) is 27.3 Å². The van der Waals surface area contributed by atoms with Gasteiger partial charge in [0.1, 0.15) is 12.4 Å². The number of rotatable bonds is 7. The third-order valence-corrected chi connectivity index (χ3v) is 5.14. The zero-order valence-electron chi connectivity index (χ0n) is 14.3. The first-order valence-corrected chi connectivity index (χ1v) is 11.0. The summed E-state index contributed by atoms with van der Waals surface area (Å²) in [6, 6.07) is 6.17. The molecule has 0 aliphatic heterocycles. The van der Waals surface area contributed by atoms with Crippen LogP contribution in [0.3, 0.4) is 0 Å². The van der Waals surface area contributed by atoms with Gasteiger partial charge >= 0.3 is 5.97 Å². The Hall–Kier alpha value is -1.65. The van der Waals surface area contributed by atoms with Crippen molar-refractivity contribution in [1.82, 2.24) is 0 Å². The number of carbonyl (C=O) groups is 1. The standard InChI is InChI=1S/C17H16Br2FNO5S/c1-9-3-11(16(20)14(4-9)21-27(2,24)25)8-26-17-12(18)5-10(6-13(17)19)7-15(22)23/h3-6,21H,7-8H2,1-2H3,(H,22,23). The van der Waals surface area contributed by atoms with Crippen molar-refractivity contribution in [3.63, 3.8) is 0 Å². The van der Waals surface area contributed by atoms with Gasteiger partial charge in [0.15, 0.2) is 5.82 Å². The van der Waals surface area contributed by atoms with Crippen LogP contribution in [0.4, 0.5) is 10.1 Å². The predicted molar refractivity (Wildman–Crippen MR) is 107 cm³/mol. The molecule has 2 rings (SSSR count). The third-order valence-electron chi connectivity index (χ3n) is 3.37. The fourth-order valence-corrected chi connectivity index (χ4v) is 4.46. The highest BCUT2D eigenvalue weighted by molar-refractivity contribution is 9.11. The number of carboxylic acids is 1. The lowest BCUT2D eigenvalue weighted by molar-refractivity contribution is -0.136. The number of aliphatic carboxylic acids is 1. The number of hydrogen-bond acceptors (Lipinski definition) is 4. The first kappa shape index (κ1) is 21.6. The van der Waals surface area contributed by atoms with Gasteiger partial charge in [-0.25, -0.2) is 12.8 Å². The van der Waals surface area contributed by atoms with Crippen molar-refractivity contribution in [3.05, 3.63) is 55.7 Å². The molecule has 0 spiro atoms. The molecule has 0 aliphatic rings. The van der Waals surface area contributed by atoms with E-state index in [4.69, 9.17) is 9.84 Å². The molecule has 0 amide bonds. The van der Waals surface area contributed by atoms with Crippen molar-refractivity contribution >= 4 is 53.5 Å². The first-order valence-electron chi connectivity index (χ1n) is 7.55. The Kier molecular flexibility index (Phi) is 6.87. The number of sulfonamides is 1. The van der Waals surface area contributed by atoms with Crippen molar-refractivity contribution in [3.8, 4) is 5.75 Å². The Morgan fingerprint density at radius 3 is 2.33 bits per heavy atom. The molecule has 0 unspecified atom stereocenters. The Morgan fingerprint density at radius 2 is 1.81 bits per heavy atom. The zero-order valence-corrected chi connectivity index (χ0v) is 18.3. The minimum atomic E-state index is -3.62. The summed E-state index contributed by atoms with van der Waals surface area (Å²) < 4.78 is 46.2. The second-order valence-electron chi connectivity index (χ2n) is 5.91. The van der Waals surface area contributed by atoms with E-state index in [0.29, 0.717) is 25.8 Å². The number of anilines is 1. The van der Waals surface area contributed by atoms with E-state index in [1.165, 1.54) is 6.07 Å². The molecule has 2 aromatic carbocycles. The van der Waals surface area contributed by atoms with Crippen LogP contribution >= 0.6 is 31.9 Å². The van der Waals surface area contributed by atoms with Gasteiger partial charge in [-0.05, 0) is 74.2 Å². The average Bonchev–Trinajstić information content (AvgIpc) is 2.48. The van der Waals surface area contributed by atoms with Crippen LogP contribution in [-0.2, 0) is 27.8 Å². The number of halogens is 3. The number of carboxylic acid groups (broad SMARTS) is 1. The molecule has 0 bridgehead atoms. The molecule has 2 N–H and O–H groups in total. The normalized spacial score (nSPS) is 11.3. The molecular formula is C17H16Br2FNO5S.